The van der Waals surface area contributed by atoms with Gasteiger partial charge in [-0.3, -0.25) is 33.8 Å². The van der Waals surface area contributed by atoms with Gasteiger partial charge in [-0.05, 0) is 25.7 Å². The molecule has 7 heterocycles. The maximum absolute atomic E-state index is 12.1. The molecule has 0 bridgehead atoms. The predicted octanol–water partition coefficient (Wildman–Crippen LogP) is -2.29. The first-order chi connectivity index (χ1) is 29.8. The van der Waals surface area contributed by atoms with Crippen LogP contribution in [0.3, 0.4) is 0 Å². The number of allylic oxidation sites excluding steroid dienone is 1. The molecule has 0 spiro atoms. The van der Waals surface area contributed by atoms with E-state index in [0.717, 1.165) is 41.8 Å². The zero-order valence-electron chi connectivity index (χ0n) is 33.2. The van der Waals surface area contributed by atoms with E-state index in [0.29, 0.717) is 48.0 Å². The molecule has 16 N–H and O–H groups in total. The SMILES string of the molecule is Nc1nc(NC2CC2)c2ncn([C@H]3C=C[C@@H](CO)C3)c2n1.Nc1nc2c(CN3CC(O)C(CO)C3)c[nH]c2c(=O)[nH]1.Nc1nc2c(sc(=O)n2[C@@H]2C[C@H](CO)[C@@H](O)[C@H]2O)c(=O)[nH]1. The molecule has 0 radical (unpaired) electrons. The van der Waals surface area contributed by atoms with Crippen LogP contribution in [0, 0.1) is 17.8 Å². The van der Waals surface area contributed by atoms with Crippen LogP contribution in [0.1, 0.15) is 43.3 Å². The minimum Gasteiger partial charge on any atom is -0.396 e. The average molecular weight is 880 g/mol. The lowest BCUT2D eigenvalue weighted by molar-refractivity contribution is -0.00386. The Hall–Kier alpha value is -5.80. The van der Waals surface area contributed by atoms with Crippen LogP contribution in [0.15, 0.2) is 39.1 Å². The van der Waals surface area contributed by atoms with Crippen molar-refractivity contribution >= 4 is 67.5 Å². The highest BCUT2D eigenvalue weighted by atomic mass is 32.1. The standard InChI is InChI=1S/C14H18N6O.C12H17N5O3.C11H14N4O5S/c15-14-18-12(17-9-2-3-9)11-13(19-14)20(7-16-11)10-4-1-8(5-10)6-21;13-12-15-9-6(1-14-10(9)11(20)16-12)2-17-3-7(5-18)8(19)4-17;12-10-13-8-7(9(19)14-10)21-11(20)15(8)4-1-3(2-16)5(17)6(4)18/h1,4,7-10,21H,2-3,5-6H2,(H3,15,17,18,19);1,7-8,14,18-19H,2-5H2,(H3,13,15,16,20);3-6,16-18H,1-2H2,(H3,12,13,14,19)/t8-,10+;;3-,4-,5-,6+/m1.1/s1. The summed E-state index contributed by atoms with van der Waals surface area (Å²) in [6, 6.07) is -0.111. The molecule has 332 valence electrons. The topological polar surface area (TPSA) is 388 Å². The summed E-state index contributed by atoms with van der Waals surface area (Å²) >= 11 is 0.703. The molecule has 8 atom stereocenters. The number of fused-ring (bicyclic) bond motifs is 3. The fourth-order valence-corrected chi connectivity index (χ4v) is 9.14. The van der Waals surface area contributed by atoms with Crippen molar-refractivity contribution in [1.82, 2.24) is 53.9 Å². The molecular formula is C37H49N15O9S. The largest absolute Gasteiger partial charge is 0.396 e. The van der Waals surface area contributed by atoms with Crippen LogP contribution in [0.25, 0.3) is 32.5 Å². The summed E-state index contributed by atoms with van der Waals surface area (Å²) in [6.45, 7) is 1.49. The number of β-amino-alcohol motifs (C(OH)–C–C–N with tert-alkyl or cyclic N) is 1. The second kappa shape index (κ2) is 17.5. The van der Waals surface area contributed by atoms with E-state index in [2.05, 4.69) is 51.3 Å². The lowest BCUT2D eigenvalue weighted by Gasteiger charge is -2.17. The summed E-state index contributed by atoms with van der Waals surface area (Å²) in [4.78, 5) is 66.0. The van der Waals surface area contributed by atoms with Crippen molar-refractivity contribution in [3.8, 4) is 0 Å². The molecule has 3 fully saturated rings. The number of nitrogens with two attached hydrogens (primary N) is 3. The Kier molecular flexibility index (Phi) is 12.1. The number of H-pyrrole nitrogens is 3. The number of anilines is 4. The predicted molar refractivity (Wildman–Crippen MR) is 228 cm³/mol. The molecule has 1 saturated heterocycles. The number of hydrogen-bond acceptors (Lipinski definition) is 20. The highest BCUT2D eigenvalue weighted by Gasteiger charge is 2.43. The van der Waals surface area contributed by atoms with Gasteiger partial charge in [0.05, 0.1) is 30.6 Å². The summed E-state index contributed by atoms with van der Waals surface area (Å²) in [7, 11) is 0. The van der Waals surface area contributed by atoms with E-state index in [1.807, 2.05) is 15.5 Å². The van der Waals surface area contributed by atoms with Gasteiger partial charge in [0.25, 0.3) is 11.1 Å². The molecule has 3 aliphatic carbocycles. The first kappa shape index (κ1) is 42.9. The number of thiazole rings is 1. The number of rotatable bonds is 9. The molecule has 10 rings (SSSR count). The van der Waals surface area contributed by atoms with Crippen LogP contribution in [0.4, 0.5) is 23.7 Å². The maximum atomic E-state index is 12.1. The van der Waals surface area contributed by atoms with Gasteiger partial charge in [0, 0.05) is 75.0 Å². The van der Waals surface area contributed by atoms with E-state index in [-0.39, 0.29) is 77.9 Å². The number of aromatic nitrogens is 10. The molecule has 0 amide bonds. The number of nitrogen functional groups attached to an aromatic ring is 3. The second-order valence-electron chi connectivity index (χ2n) is 16.1. The van der Waals surface area contributed by atoms with Crippen molar-refractivity contribution in [1.29, 1.82) is 0 Å². The third-order valence-corrected chi connectivity index (χ3v) is 12.6. The molecular weight excluding hydrogens is 831 g/mol. The first-order valence-corrected chi connectivity index (χ1v) is 20.9. The Balaban J connectivity index is 0.000000128. The highest BCUT2D eigenvalue weighted by Crippen LogP contribution is 2.36. The summed E-state index contributed by atoms with van der Waals surface area (Å²) in [5.41, 5.74) is 19.5. The van der Waals surface area contributed by atoms with Crippen molar-refractivity contribution in [2.45, 2.75) is 68.7 Å². The van der Waals surface area contributed by atoms with E-state index in [9.17, 15) is 39.9 Å². The second-order valence-corrected chi connectivity index (χ2v) is 17.0. The van der Waals surface area contributed by atoms with Crippen LogP contribution in [0.5, 0.6) is 0 Å². The van der Waals surface area contributed by atoms with Gasteiger partial charge in [0.1, 0.15) is 21.8 Å². The Morgan fingerprint density at radius 3 is 2.24 bits per heavy atom. The van der Waals surface area contributed by atoms with Gasteiger partial charge in [0.2, 0.25) is 17.8 Å². The first-order valence-electron chi connectivity index (χ1n) is 20.1. The number of hydrogen-bond donors (Lipinski definition) is 13. The summed E-state index contributed by atoms with van der Waals surface area (Å²) in [6.07, 6.45) is 8.16. The maximum Gasteiger partial charge on any atom is 0.309 e. The van der Waals surface area contributed by atoms with E-state index < -0.39 is 40.7 Å². The number of nitrogens with one attached hydrogen (secondary N) is 4. The van der Waals surface area contributed by atoms with Gasteiger partial charge in [-0.15, -0.1) is 0 Å². The molecule has 62 heavy (non-hydrogen) atoms. The van der Waals surface area contributed by atoms with Gasteiger partial charge < -0.3 is 62.7 Å². The summed E-state index contributed by atoms with van der Waals surface area (Å²) < 4.78 is 3.30. The Labute approximate surface area is 353 Å². The van der Waals surface area contributed by atoms with E-state index in [1.165, 1.54) is 4.57 Å². The molecule has 4 aliphatic rings. The third-order valence-electron chi connectivity index (χ3n) is 11.7. The Morgan fingerprint density at radius 1 is 0.823 bits per heavy atom. The molecule has 1 aliphatic heterocycles. The molecule has 2 saturated carbocycles. The summed E-state index contributed by atoms with van der Waals surface area (Å²) in [5.74, 6) is 0.472. The van der Waals surface area contributed by atoms with Gasteiger partial charge in [-0.2, -0.15) is 15.0 Å². The van der Waals surface area contributed by atoms with Crippen molar-refractivity contribution in [2.24, 2.45) is 17.8 Å². The molecule has 24 nitrogen and oxygen atoms in total. The monoisotopic (exact) mass is 879 g/mol. The Bertz CT molecular complexity index is 2780. The minimum absolute atomic E-state index is 0.0313. The van der Waals surface area contributed by atoms with E-state index >= 15 is 0 Å². The fraction of sp³-hybridized carbons (Fsp3) is 0.514. The quantitative estimate of drug-likeness (QED) is 0.0680. The zero-order chi connectivity index (χ0) is 44.0. The van der Waals surface area contributed by atoms with Crippen molar-refractivity contribution in [3.63, 3.8) is 0 Å². The molecule has 25 heteroatoms. The number of aromatic amines is 3. The number of likely N-dealkylation sites (tertiary alicyclic amines) is 1. The highest BCUT2D eigenvalue weighted by molar-refractivity contribution is 7.16. The molecule has 2 unspecified atom stereocenters. The van der Waals surface area contributed by atoms with Crippen LogP contribution in [-0.2, 0) is 6.54 Å². The van der Waals surface area contributed by atoms with Gasteiger partial charge in [-0.25, -0.2) is 9.97 Å². The van der Waals surface area contributed by atoms with Crippen LogP contribution in [0.2, 0.25) is 0 Å². The van der Waals surface area contributed by atoms with Crippen molar-refractivity contribution < 1.29 is 30.6 Å². The lowest BCUT2D eigenvalue weighted by atomic mass is 10.1. The number of aliphatic hydroxyl groups is 6. The van der Waals surface area contributed by atoms with Gasteiger partial charge in [0.15, 0.2) is 22.6 Å². The van der Waals surface area contributed by atoms with Gasteiger partial charge >= 0.3 is 4.87 Å². The fourth-order valence-electron chi connectivity index (χ4n) is 8.26. The van der Waals surface area contributed by atoms with E-state index in [1.54, 1.807) is 12.5 Å². The number of aliphatic hydroxyl groups excluding tert-OH is 6. The average Bonchev–Trinajstić information content (AvgIpc) is 3.76. The van der Waals surface area contributed by atoms with Crippen LogP contribution < -0.4 is 38.5 Å². The molecule has 6 aromatic rings. The van der Waals surface area contributed by atoms with Crippen molar-refractivity contribution in [3.05, 3.63) is 60.6 Å². The summed E-state index contributed by atoms with van der Waals surface area (Å²) in [5, 5.41) is 60.7. The zero-order valence-corrected chi connectivity index (χ0v) is 34.0. The van der Waals surface area contributed by atoms with Crippen LogP contribution in [-0.4, -0.2) is 142 Å². The lowest BCUT2D eigenvalue weighted by Crippen LogP contribution is -2.33. The number of imidazole rings is 1. The molecule has 0 aromatic carbocycles. The number of nitrogens with zero attached hydrogens (tertiary/aromatic N) is 8. The molecule has 6 aromatic heterocycles. The smallest absolute Gasteiger partial charge is 0.309 e. The van der Waals surface area contributed by atoms with E-state index in [4.69, 9.17) is 22.3 Å². The van der Waals surface area contributed by atoms with Crippen molar-refractivity contribution in [2.75, 3.05) is 55.4 Å². The van der Waals surface area contributed by atoms with Gasteiger partial charge in [-0.1, -0.05) is 23.5 Å². The third kappa shape index (κ3) is 8.52. The van der Waals surface area contributed by atoms with Crippen LogP contribution >= 0.6 is 11.3 Å². The normalized spacial score (nSPS) is 26.0. The Morgan fingerprint density at radius 2 is 1.56 bits per heavy atom. The minimum atomic E-state index is -1.22.